The van der Waals surface area contributed by atoms with Crippen molar-refractivity contribution < 1.29 is 38.2 Å². The van der Waals surface area contributed by atoms with E-state index in [1.54, 1.807) is 51.1 Å². The fourth-order valence-corrected chi connectivity index (χ4v) is 5.07. The summed E-state index contributed by atoms with van der Waals surface area (Å²) < 4.78 is 11.0. The van der Waals surface area contributed by atoms with Crippen molar-refractivity contribution in [3.05, 3.63) is 65.7 Å². The first-order chi connectivity index (χ1) is 21.7. The van der Waals surface area contributed by atoms with E-state index in [0.29, 0.717) is 15.4 Å². The van der Waals surface area contributed by atoms with E-state index >= 15 is 0 Å². The van der Waals surface area contributed by atoms with Gasteiger partial charge in [0, 0.05) is 5.69 Å². The first kappa shape index (κ1) is 36.4. The van der Waals surface area contributed by atoms with Crippen molar-refractivity contribution >= 4 is 47.5 Å². The molecule has 14 nitrogen and oxygen atoms in total. The lowest BCUT2D eigenvalue weighted by Gasteiger charge is -2.45. The number of urea groups is 1. The second-order valence-corrected chi connectivity index (χ2v) is 13.2. The molecule has 0 unspecified atom stereocenters. The third-order valence-corrected chi connectivity index (χ3v) is 7.08. The number of amides is 4. The normalized spacial score (nSPS) is 18.7. The molecule has 47 heavy (non-hydrogen) atoms. The Balaban J connectivity index is 2.32. The summed E-state index contributed by atoms with van der Waals surface area (Å²) >= 11 is 0. The number of Topliss-reactive ketones (excluding diaryl/α,β-unsaturated/α-hetero) is 1. The van der Waals surface area contributed by atoms with Crippen LogP contribution >= 0.6 is 0 Å². The molecule has 252 valence electrons. The van der Waals surface area contributed by atoms with Crippen LogP contribution < -0.4 is 21.8 Å². The number of anilines is 1. The highest BCUT2D eigenvalue weighted by molar-refractivity contribution is 6.24. The van der Waals surface area contributed by atoms with Gasteiger partial charge in [-0.1, -0.05) is 42.5 Å². The number of imide groups is 1. The van der Waals surface area contributed by atoms with E-state index in [1.165, 1.54) is 58.2 Å². The average Bonchev–Trinajstić information content (AvgIpc) is 3.18. The molecule has 3 rings (SSSR count). The first-order valence-corrected chi connectivity index (χ1v) is 14.8. The van der Waals surface area contributed by atoms with Gasteiger partial charge < -0.3 is 26.4 Å². The summed E-state index contributed by atoms with van der Waals surface area (Å²) in [5.74, 6) is -0.289. The molecule has 14 heteroatoms. The van der Waals surface area contributed by atoms with Gasteiger partial charge in [0.25, 0.3) is 11.6 Å². The number of rotatable bonds is 10. The van der Waals surface area contributed by atoms with Crippen molar-refractivity contribution in [1.29, 1.82) is 0 Å². The largest absolute Gasteiger partial charge is 0.460 e. The van der Waals surface area contributed by atoms with Crippen LogP contribution in [0.15, 0.2) is 59.7 Å². The molecule has 0 bridgehead atoms. The fourth-order valence-electron chi connectivity index (χ4n) is 5.07. The number of hydrazone groups is 1. The zero-order valence-electron chi connectivity index (χ0n) is 27.8. The monoisotopic (exact) mass is 650 g/mol. The van der Waals surface area contributed by atoms with Crippen LogP contribution in [0.3, 0.4) is 0 Å². The Labute approximate surface area is 273 Å². The molecule has 2 aromatic rings. The van der Waals surface area contributed by atoms with Crippen LogP contribution in [0.4, 0.5) is 10.5 Å². The van der Waals surface area contributed by atoms with Gasteiger partial charge in [-0.2, -0.15) is 5.10 Å². The van der Waals surface area contributed by atoms with Gasteiger partial charge in [0.2, 0.25) is 5.91 Å². The van der Waals surface area contributed by atoms with Gasteiger partial charge in [0.1, 0.15) is 16.7 Å². The Morgan fingerprint density at radius 1 is 0.957 bits per heavy atom. The SMILES string of the molecule is CC(=O)[C@@](C(=O)OC(C)(C)C)(N1C(=O)N[C@](C)(c2ccc(C=NN)cc2)C1=O)N(C(=O)[C@@H](N)CC(=O)OC(C)(C)C)c1ccccc1. The molecule has 0 aliphatic carbocycles. The highest BCUT2D eigenvalue weighted by Crippen LogP contribution is 2.39. The van der Waals surface area contributed by atoms with E-state index in [0.717, 1.165) is 6.92 Å². The second kappa shape index (κ2) is 13.3. The van der Waals surface area contributed by atoms with Gasteiger partial charge in [-0.3, -0.25) is 24.1 Å². The number of hydrogen-bond donors (Lipinski definition) is 3. The summed E-state index contributed by atoms with van der Waals surface area (Å²) in [4.78, 5) is 85.2. The predicted molar refractivity (Wildman–Crippen MR) is 173 cm³/mol. The maximum atomic E-state index is 14.5. The third kappa shape index (κ3) is 7.49. The summed E-state index contributed by atoms with van der Waals surface area (Å²) in [6.07, 6.45) is 0.721. The zero-order chi connectivity index (χ0) is 35.5. The van der Waals surface area contributed by atoms with Crippen molar-refractivity contribution in [2.24, 2.45) is 16.7 Å². The van der Waals surface area contributed by atoms with Crippen LogP contribution in [0.2, 0.25) is 0 Å². The smallest absolute Gasteiger partial charge is 0.363 e. The first-order valence-electron chi connectivity index (χ1n) is 14.8. The van der Waals surface area contributed by atoms with E-state index < -0.39 is 70.4 Å². The van der Waals surface area contributed by atoms with E-state index in [1.807, 2.05) is 0 Å². The molecule has 1 aliphatic rings. The minimum absolute atomic E-state index is 0.0853. The number of esters is 2. The van der Waals surface area contributed by atoms with E-state index in [9.17, 15) is 28.8 Å². The maximum absolute atomic E-state index is 14.5. The average molecular weight is 651 g/mol. The third-order valence-electron chi connectivity index (χ3n) is 7.08. The summed E-state index contributed by atoms with van der Waals surface area (Å²) in [6, 6.07) is 10.8. The van der Waals surface area contributed by atoms with Crippen LogP contribution in [0.1, 0.15) is 72.9 Å². The number of hydrogen-bond acceptors (Lipinski definition) is 11. The number of para-hydroxylation sites is 1. The van der Waals surface area contributed by atoms with Crippen molar-refractivity contribution in [3.8, 4) is 0 Å². The van der Waals surface area contributed by atoms with Gasteiger partial charge in [-0.25, -0.2) is 14.5 Å². The van der Waals surface area contributed by atoms with E-state index in [4.69, 9.17) is 21.1 Å². The summed E-state index contributed by atoms with van der Waals surface area (Å²) in [7, 11) is 0. The lowest BCUT2D eigenvalue weighted by Crippen LogP contribution is -2.75. The molecule has 5 N–H and O–H groups in total. The topological polar surface area (TPSA) is 204 Å². The Morgan fingerprint density at radius 3 is 2.00 bits per heavy atom. The second-order valence-electron chi connectivity index (χ2n) is 13.2. The molecule has 1 aliphatic heterocycles. The van der Waals surface area contributed by atoms with Crippen LogP contribution in [0.25, 0.3) is 0 Å². The number of carbonyl (C=O) groups excluding carboxylic acids is 6. The molecule has 0 spiro atoms. The van der Waals surface area contributed by atoms with Crippen LogP contribution in [0, 0.1) is 0 Å². The van der Waals surface area contributed by atoms with E-state index in [2.05, 4.69) is 10.4 Å². The van der Waals surface area contributed by atoms with Gasteiger partial charge >= 0.3 is 18.0 Å². The van der Waals surface area contributed by atoms with E-state index in [-0.39, 0.29) is 11.3 Å². The Bertz CT molecular complexity index is 1580. The predicted octanol–water partition coefficient (Wildman–Crippen LogP) is 2.47. The number of ether oxygens (including phenoxy) is 2. The number of ketones is 1. The highest BCUT2D eigenvalue weighted by atomic mass is 16.6. The fraction of sp³-hybridized carbons (Fsp3) is 0.424. The number of nitrogens with zero attached hydrogens (tertiary/aromatic N) is 3. The molecular weight excluding hydrogens is 608 g/mol. The number of nitrogens with two attached hydrogens (primary N) is 2. The van der Waals surface area contributed by atoms with Crippen molar-refractivity contribution in [3.63, 3.8) is 0 Å². The lowest BCUT2D eigenvalue weighted by molar-refractivity contribution is -0.174. The van der Waals surface area contributed by atoms with Gasteiger partial charge in [-0.15, -0.1) is 0 Å². The lowest BCUT2D eigenvalue weighted by atomic mass is 9.89. The number of nitrogens with one attached hydrogen (secondary N) is 1. The van der Waals surface area contributed by atoms with Gasteiger partial charge in [0.15, 0.2) is 5.78 Å². The molecule has 1 fully saturated rings. The Kier molecular flexibility index (Phi) is 10.3. The summed E-state index contributed by atoms with van der Waals surface area (Å²) in [5, 5.41) is 6.05. The van der Waals surface area contributed by atoms with Crippen molar-refractivity contribution in [2.75, 3.05) is 4.90 Å². The minimum Gasteiger partial charge on any atom is -0.460 e. The van der Waals surface area contributed by atoms with Crippen LogP contribution in [0.5, 0.6) is 0 Å². The maximum Gasteiger partial charge on any atom is 0.363 e. The van der Waals surface area contributed by atoms with Gasteiger partial charge in [-0.05, 0) is 78.6 Å². The quantitative estimate of drug-likeness (QED) is 0.0856. The molecule has 3 atom stereocenters. The molecule has 0 aromatic heterocycles. The molecule has 1 saturated heterocycles. The summed E-state index contributed by atoms with van der Waals surface area (Å²) in [6.45, 7) is 11.8. The molecular formula is C33H42N6O8. The number of benzene rings is 2. The van der Waals surface area contributed by atoms with Gasteiger partial charge in [0.05, 0.1) is 18.7 Å². The van der Waals surface area contributed by atoms with Crippen molar-refractivity contribution in [1.82, 2.24) is 10.2 Å². The molecule has 2 aromatic carbocycles. The Hall–Kier alpha value is -5.11. The van der Waals surface area contributed by atoms with Crippen LogP contribution in [-0.2, 0) is 39.0 Å². The molecule has 4 amide bonds. The molecule has 0 radical (unpaired) electrons. The summed E-state index contributed by atoms with van der Waals surface area (Å²) in [5.41, 5.74) is 0.0352. The Morgan fingerprint density at radius 2 is 1.51 bits per heavy atom. The minimum atomic E-state index is -3.05. The molecule has 1 heterocycles. The van der Waals surface area contributed by atoms with Crippen LogP contribution in [-0.4, -0.2) is 69.6 Å². The number of carbonyl (C=O) groups is 6. The zero-order valence-corrected chi connectivity index (χ0v) is 27.8. The molecule has 0 saturated carbocycles. The highest BCUT2D eigenvalue weighted by Gasteiger charge is 2.67. The van der Waals surface area contributed by atoms with Crippen molar-refractivity contribution in [2.45, 2.75) is 90.3 Å². The standard InChI is InChI=1S/C33H42N6O8/c1-20(40)33(28(44)47-31(5,6)7,39-27(43)32(8,37-29(39)45)22-16-14-21(15-17-22)19-36-35)38(23-12-10-9-11-13-23)26(42)24(34)18-25(41)46-30(2,3)4/h9-17,19,24H,18,34-35H2,1-8H3,(H,37,45)/t24-,32+,33-/m0/s1.